The van der Waals surface area contributed by atoms with Gasteiger partial charge in [-0.3, -0.25) is 4.57 Å². The molecule has 8 heteroatoms. The van der Waals surface area contributed by atoms with Gasteiger partial charge in [-0.15, -0.1) is 20.4 Å². The van der Waals surface area contributed by atoms with Crippen LogP contribution in [0.3, 0.4) is 0 Å². The minimum absolute atomic E-state index is 0.151. The number of hydrogen-bond acceptors (Lipinski definition) is 6. The van der Waals surface area contributed by atoms with Crippen LogP contribution in [0.5, 0.6) is 5.75 Å². The SMILES string of the molecule is CCCN1CCCc2c1ccc(N=Nc1nnc(Br)n1C(C)C)c2O. The van der Waals surface area contributed by atoms with Crippen molar-refractivity contribution < 1.29 is 5.11 Å². The van der Waals surface area contributed by atoms with Gasteiger partial charge < -0.3 is 10.0 Å². The maximum atomic E-state index is 10.6. The van der Waals surface area contributed by atoms with Crippen molar-refractivity contribution in [3.05, 3.63) is 22.4 Å². The van der Waals surface area contributed by atoms with Gasteiger partial charge in [0, 0.05) is 30.4 Å². The van der Waals surface area contributed by atoms with Gasteiger partial charge in [-0.05, 0) is 61.2 Å². The fraction of sp³-hybridized carbons (Fsp3) is 0.529. The molecule has 1 aliphatic rings. The lowest BCUT2D eigenvalue weighted by molar-refractivity contribution is 0.465. The minimum Gasteiger partial charge on any atom is -0.505 e. The van der Waals surface area contributed by atoms with Crippen LogP contribution in [0.25, 0.3) is 0 Å². The van der Waals surface area contributed by atoms with E-state index in [4.69, 9.17) is 0 Å². The maximum Gasteiger partial charge on any atom is 0.270 e. The molecule has 0 fully saturated rings. The van der Waals surface area contributed by atoms with Crippen LogP contribution in [-0.4, -0.2) is 33.0 Å². The van der Waals surface area contributed by atoms with E-state index in [0.29, 0.717) is 16.4 Å². The molecule has 0 atom stereocenters. The molecule has 0 bridgehead atoms. The number of hydrogen-bond donors (Lipinski definition) is 1. The van der Waals surface area contributed by atoms with Gasteiger partial charge in [0.25, 0.3) is 5.95 Å². The quantitative estimate of drug-likeness (QED) is 0.715. The Morgan fingerprint density at radius 1 is 1.28 bits per heavy atom. The molecule has 1 N–H and O–H groups in total. The highest BCUT2D eigenvalue weighted by Gasteiger charge is 2.21. The van der Waals surface area contributed by atoms with Crippen molar-refractivity contribution >= 4 is 33.3 Å². The maximum absolute atomic E-state index is 10.6. The zero-order valence-electron chi connectivity index (χ0n) is 14.8. The molecule has 1 aliphatic heterocycles. The topological polar surface area (TPSA) is 78.9 Å². The van der Waals surface area contributed by atoms with Crippen LogP contribution in [-0.2, 0) is 6.42 Å². The molecule has 0 spiro atoms. The number of nitrogens with zero attached hydrogens (tertiary/aromatic N) is 6. The molecule has 0 amide bonds. The van der Waals surface area contributed by atoms with E-state index in [9.17, 15) is 5.11 Å². The highest BCUT2D eigenvalue weighted by molar-refractivity contribution is 9.10. The van der Waals surface area contributed by atoms with Crippen molar-refractivity contribution in [2.45, 2.75) is 46.1 Å². The van der Waals surface area contributed by atoms with Gasteiger partial charge in [-0.2, -0.15) is 0 Å². The monoisotopic (exact) mass is 406 g/mol. The first-order chi connectivity index (χ1) is 12.0. The highest BCUT2D eigenvalue weighted by Crippen LogP contribution is 2.40. The Morgan fingerprint density at radius 2 is 2.08 bits per heavy atom. The molecule has 134 valence electrons. The summed E-state index contributed by atoms with van der Waals surface area (Å²) in [7, 11) is 0. The Labute approximate surface area is 155 Å². The third-order valence-electron chi connectivity index (χ3n) is 4.33. The Bertz CT molecular complexity index is 786. The van der Waals surface area contributed by atoms with Crippen molar-refractivity contribution in [2.24, 2.45) is 10.2 Å². The van der Waals surface area contributed by atoms with Gasteiger partial charge >= 0.3 is 0 Å². The summed E-state index contributed by atoms with van der Waals surface area (Å²) in [6.45, 7) is 8.24. The molecular formula is C17H23BrN6O. The average molecular weight is 407 g/mol. The standard InChI is InChI=1S/C17H23BrN6O/c1-4-9-23-10-5-6-12-14(23)8-7-13(15(12)25)19-21-17-22-20-16(18)24(17)11(2)3/h7-8,11,25H,4-6,9-10H2,1-3H3. The molecule has 0 aliphatic carbocycles. The highest BCUT2D eigenvalue weighted by atomic mass is 79.9. The molecule has 0 saturated carbocycles. The molecule has 1 aromatic heterocycles. The summed E-state index contributed by atoms with van der Waals surface area (Å²) in [6.07, 6.45) is 2.98. The van der Waals surface area contributed by atoms with Gasteiger partial charge in [0.05, 0.1) is 0 Å². The first kappa shape index (κ1) is 17.8. The molecular weight excluding hydrogens is 384 g/mol. The molecule has 2 aromatic rings. The molecule has 0 saturated heterocycles. The number of aromatic nitrogens is 3. The van der Waals surface area contributed by atoms with E-state index in [2.05, 4.69) is 48.2 Å². The normalized spacial score (nSPS) is 14.5. The van der Waals surface area contributed by atoms with E-state index < -0.39 is 0 Å². The number of azo groups is 1. The summed E-state index contributed by atoms with van der Waals surface area (Å²) in [4.78, 5) is 2.33. The first-order valence-electron chi connectivity index (χ1n) is 8.64. The zero-order chi connectivity index (χ0) is 18.0. The van der Waals surface area contributed by atoms with Crippen LogP contribution < -0.4 is 4.90 Å². The Balaban J connectivity index is 1.92. The molecule has 0 unspecified atom stereocenters. The third kappa shape index (κ3) is 3.53. The summed E-state index contributed by atoms with van der Waals surface area (Å²) in [5, 5.41) is 27.1. The van der Waals surface area contributed by atoms with E-state index in [-0.39, 0.29) is 11.8 Å². The molecule has 1 aromatic carbocycles. The summed E-state index contributed by atoms with van der Waals surface area (Å²) >= 11 is 3.36. The third-order valence-corrected chi connectivity index (χ3v) is 4.87. The van der Waals surface area contributed by atoms with Gasteiger partial charge in [0.1, 0.15) is 11.4 Å². The molecule has 0 radical (unpaired) electrons. The minimum atomic E-state index is 0.151. The van der Waals surface area contributed by atoms with Gasteiger partial charge in [0.2, 0.25) is 4.73 Å². The zero-order valence-corrected chi connectivity index (χ0v) is 16.4. The summed E-state index contributed by atoms with van der Waals surface area (Å²) in [5.41, 5.74) is 2.53. The fourth-order valence-electron chi connectivity index (χ4n) is 3.18. The van der Waals surface area contributed by atoms with Crippen LogP contribution >= 0.6 is 15.9 Å². The van der Waals surface area contributed by atoms with Crippen molar-refractivity contribution in [1.29, 1.82) is 0 Å². The van der Waals surface area contributed by atoms with Crippen molar-refractivity contribution in [3.63, 3.8) is 0 Å². The Hall–Kier alpha value is -1.96. The van der Waals surface area contributed by atoms with Crippen molar-refractivity contribution in [1.82, 2.24) is 14.8 Å². The van der Waals surface area contributed by atoms with Crippen LogP contribution in [0.4, 0.5) is 17.3 Å². The van der Waals surface area contributed by atoms with Gasteiger partial charge in [-0.1, -0.05) is 6.92 Å². The largest absolute Gasteiger partial charge is 0.505 e. The summed E-state index contributed by atoms with van der Waals surface area (Å²) in [6, 6.07) is 4.00. The van der Waals surface area contributed by atoms with E-state index >= 15 is 0 Å². The Kier molecular flexibility index (Phi) is 5.36. The second kappa shape index (κ2) is 7.51. The Morgan fingerprint density at radius 3 is 2.80 bits per heavy atom. The van der Waals surface area contributed by atoms with Gasteiger partial charge in [0.15, 0.2) is 0 Å². The second-order valence-electron chi connectivity index (χ2n) is 6.45. The van der Waals surface area contributed by atoms with Crippen LogP contribution in [0.1, 0.15) is 45.2 Å². The molecule has 7 nitrogen and oxygen atoms in total. The number of phenols is 1. The average Bonchev–Trinajstić information content (AvgIpc) is 2.96. The number of aromatic hydroxyl groups is 1. The lowest BCUT2D eigenvalue weighted by Crippen LogP contribution is -2.29. The smallest absolute Gasteiger partial charge is 0.270 e. The number of halogens is 1. The number of benzene rings is 1. The predicted molar refractivity (Wildman–Crippen MR) is 101 cm³/mol. The second-order valence-corrected chi connectivity index (χ2v) is 7.16. The lowest BCUT2D eigenvalue weighted by Gasteiger charge is -2.31. The van der Waals surface area contributed by atoms with E-state index in [1.165, 1.54) is 0 Å². The van der Waals surface area contributed by atoms with Crippen molar-refractivity contribution in [2.75, 3.05) is 18.0 Å². The van der Waals surface area contributed by atoms with E-state index in [1.807, 2.05) is 30.5 Å². The van der Waals surface area contributed by atoms with Crippen molar-refractivity contribution in [3.8, 4) is 5.75 Å². The summed E-state index contributed by atoms with van der Waals surface area (Å²) in [5.74, 6) is 0.628. The number of anilines is 1. The van der Waals surface area contributed by atoms with E-state index in [0.717, 1.165) is 43.6 Å². The van der Waals surface area contributed by atoms with Crippen LogP contribution in [0, 0.1) is 0 Å². The predicted octanol–water partition coefficient (Wildman–Crippen LogP) is 4.91. The number of fused-ring (bicyclic) bond motifs is 1. The first-order valence-corrected chi connectivity index (χ1v) is 9.44. The number of phenolic OH excluding ortho intramolecular Hbond substituents is 1. The fourth-order valence-corrected chi connectivity index (χ4v) is 3.83. The molecule has 3 rings (SSSR count). The lowest BCUT2D eigenvalue weighted by atomic mass is 9.99. The van der Waals surface area contributed by atoms with Gasteiger partial charge in [-0.25, -0.2) is 0 Å². The summed E-state index contributed by atoms with van der Waals surface area (Å²) < 4.78 is 2.45. The van der Waals surface area contributed by atoms with Crippen LogP contribution in [0.2, 0.25) is 0 Å². The van der Waals surface area contributed by atoms with Crippen LogP contribution in [0.15, 0.2) is 27.1 Å². The molecule has 25 heavy (non-hydrogen) atoms. The molecule has 2 heterocycles. The number of rotatable bonds is 5. The van der Waals surface area contributed by atoms with E-state index in [1.54, 1.807) is 0 Å².